The van der Waals surface area contributed by atoms with Gasteiger partial charge in [0.05, 0.1) is 22.3 Å². The van der Waals surface area contributed by atoms with E-state index in [1.165, 1.54) is 18.2 Å². The van der Waals surface area contributed by atoms with Crippen molar-refractivity contribution in [2.75, 3.05) is 11.5 Å². The van der Waals surface area contributed by atoms with E-state index in [1.54, 1.807) is 6.92 Å². The summed E-state index contributed by atoms with van der Waals surface area (Å²) in [6.07, 6.45) is -9.99. The number of benzene rings is 3. The Morgan fingerprint density at radius 1 is 0.686 bits per heavy atom. The summed E-state index contributed by atoms with van der Waals surface area (Å²) in [7, 11) is 0. The van der Waals surface area contributed by atoms with E-state index in [1.807, 2.05) is 0 Å². The van der Waals surface area contributed by atoms with Crippen molar-refractivity contribution in [2.24, 2.45) is 0 Å². The number of anilines is 2. The Balaban J connectivity index is 1.91. The Bertz CT molecular complexity index is 1300. The van der Waals surface area contributed by atoms with E-state index in [-0.39, 0.29) is 5.75 Å². The maximum Gasteiger partial charge on any atom is 0.418 e. The fraction of sp³-hybridized carbons (Fsp3) is 0.130. The predicted octanol–water partition coefficient (Wildman–Crippen LogP) is 5.64. The molecule has 4 N–H and O–H groups in total. The second-order valence-corrected chi connectivity index (χ2v) is 7.30. The maximum absolute atomic E-state index is 13.6. The molecule has 0 heterocycles. The fourth-order valence-corrected chi connectivity index (χ4v) is 2.97. The fourth-order valence-electron chi connectivity index (χ4n) is 2.97. The highest BCUT2D eigenvalue weighted by Crippen LogP contribution is 2.37. The molecule has 184 valence electrons. The first kappa shape index (κ1) is 25.4. The zero-order valence-corrected chi connectivity index (χ0v) is 17.8. The summed E-state index contributed by atoms with van der Waals surface area (Å²) in [6.45, 7) is 1.63. The zero-order valence-electron chi connectivity index (χ0n) is 17.8. The summed E-state index contributed by atoms with van der Waals surface area (Å²) >= 11 is 0. The van der Waals surface area contributed by atoms with Gasteiger partial charge >= 0.3 is 24.3 Å². The number of hydrogen-bond acceptors (Lipinski definition) is 6. The number of halogens is 6. The summed E-state index contributed by atoms with van der Waals surface area (Å²) in [4.78, 5) is 24.8. The van der Waals surface area contributed by atoms with Crippen LogP contribution in [0.4, 0.5) is 37.7 Å². The first-order valence-electron chi connectivity index (χ1n) is 9.65. The molecule has 12 heteroatoms. The van der Waals surface area contributed by atoms with Gasteiger partial charge in [-0.2, -0.15) is 26.3 Å². The highest BCUT2D eigenvalue weighted by atomic mass is 19.4. The Hall–Kier alpha value is -4.22. The second kappa shape index (κ2) is 9.20. The van der Waals surface area contributed by atoms with Crippen molar-refractivity contribution < 1.29 is 45.4 Å². The van der Waals surface area contributed by atoms with Crippen molar-refractivity contribution >= 4 is 23.3 Å². The molecule has 0 spiro atoms. The Morgan fingerprint density at radius 3 is 1.80 bits per heavy atom. The monoisotopic (exact) mass is 498 g/mol. The number of hydrogen-bond donors (Lipinski definition) is 2. The smallest absolute Gasteiger partial charge is 0.418 e. The number of carbonyl (C=O) groups is 2. The maximum atomic E-state index is 13.6. The molecule has 3 rings (SSSR count). The van der Waals surface area contributed by atoms with Gasteiger partial charge in [0.1, 0.15) is 11.5 Å². The van der Waals surface area contributed by atoms with Gasteiger partial charge in [0.2, 0.25) is 0 Å². The van der Waals surface area contributed by atoms with Gasteiger partial charge in [-0.05, 0) is 67.1 Å². The van der Waals surface area contributed by atoms with Crippen molar-refractivity contribution in [3.63, 3.8) is 0 Å². The van der Waals surface area contributed by atoms with E-state index < -0.39 is 58.0 Å². The summed E-state index contributed by atoms with van der Waals surface area (Å²) in [5, 5.41) is 0. The van der Waals surface area contributed by atoms with Crippen molar-refractivity contribution in [1.82, 2.24) is 0 Å². The molecule has 35 heavy (non-hydrogen) atoms. The van der Waals surface area contributed by atoms with Crippen LogP contribution < -0.4 is 20.9 Å². The van der Waals surface area contributed by atoms with Crippen LogP contribution >= 0.6 is 0 Å². The number of nitrogens with two attached hydrogens (primary N) is 2. The van der Waals surface area contributed by atoms with E-state index in [4.69, 9.17) is 20.9 Å². The lowest BCUT2D eigenvalue weighted by Gasteiger charge is -2.15. The van der Waals surface area contributed by atoms with E-state index in [2.05, 4.69) is 0 Å². The molecular weight excluding hydrogens is 482 g/mol. The number of ether oxygens (including phenoxy) is 2. The molecule has 0 saturated carbocycles. The third-order valence-corrected chi connectivity index (χ3v) is 4.77. The van der Waals surface area contributed by atoms with Crippen molar-refractivity contribution in [3.8, 4) is 11.5 Å². The highest BCUT2D eigenvalue weighted by molar-refractivity contribution is 5.96. The molecule has 0 amide bonds. The number of carbonyl (C=O) groups excluding carboxylic acids is 2. The highest BCUT2D eigenvalue weighted by Gasteiger charge is 2.37. The molecule has 0 saturated heterocycles. The molecule has 0 atom stereocenters. The summed E-state index contributed by atoms with van der Waals surface area (Å²) in [6, 6.07) is 8.22. The van der Waals surface area contributed by atoms with Crippen LogP contribution in [-0.2, 0) is 12.4 Å². The minimum atomic E-state index is -5.11. The average molecular weight is 498 g/mol. The topological polar surface area (TPSA) is 105 Å². The molecule has 0 unspecified atom stereocenters. The third-order valence-electron chi connectivity index (χ3n) is 4.77. The number of esters is 2. The lowest BCUT2D eigenvalue weighted by atomic mass is 10.0. The van der Waals surface area contributed by atoms with Crippen LogP contribution in [-0.4, -0.2) is 11.9 Å². The number of alkyl halides is 6. The first-order valence-corrected chi connectivity index (χ1v) is 9.65. The van der Waals surface area contributed by atoms with Crippen molar-refractivity contribution in [1.29, 1.82) is 0 Å². The van der Waals surface area contributed by atoms with Crippen LogP contribution in [0.25, 0.3) is 0 Å². The zero-order chi connectivity index (χ0) is 26.1. The summed E-state index contributed by atoms with van der Waals surface area (Å²) in [5.74, 6) is -3.38. The van der Waals surface area contributed by atoms with E-state index >= 15 is 0 Å². The van der Waals surface area contributed by atoms with Crippen molar-refractivity contribution in [2.45, 2.75) is 19.3 Å². The SMILES string of the molecule is Cc1cc(OC(=O)c2ccc(C(=O)Oc3ccc(N)c(C(F)(F)F)c3)c(C(F)(F)F)c2)ccc1N. The van der Waals surface area contributed by atoms with Gasteiger partial charge in [0, 0.05) is 11.4 Å². The van der Waals surface area contributed by atoms with Crippen LogP contribution in [0, 0.1) is 6.92 Å². The van der Waals surface area contributed by atoms with Gasteiger partial charge in [-0.3, -0.25) is 0 Å². The molecule has 0 fully saturated rings. The minimum absolute atomic E-state index is 0.0302. The summed E-state index contributed by atoms with van der Waals surface area (Å²) < 4.78 is 89.8. The van der Waals surface area contributed by atoms with Gasteiger partial charge in [-0.15, -0.1) is 0 Å². The quantitative estimate of drug-likeness (QED) is 0.209. The second-order valence-electron chi connectivity index (χ2n) is 7.30. The largest absolute Gasteiger partial charge is 0.423 e. The molecule has 0 radical (unpaired) electrons. The lowest BCUT2D eigenvalue weighted by Crippen LogP contribution is -2.19. The Labute approximate surface area is 194 Å². The Kier molecular flexibility index (Phi) is 6.68. The van der Waals surface area contributed by atoms with Gasteiger partial charge in [-0.1, -0.05) is 0 Å². The van der Waals surface area contributed by atoms with Crippen LogP contribution in [0.3, 0.4) is 0 Å². The van der Waals surface area contributed by atoms with Crippen LogP contribution in [0.2, 0.25) is 0 Å². The van der Waals surface area contributed by atoms with Gasteiger partial charge in [-0.25, -0.2) is 9.59 Å². The van der Waals surface area contributed by atoms with Gasteiger partial charge < -0.3 is 20.9 Å². The first-order chi connectivity index (χ1) is 16.2. The summed E-state index contributed by atoms with van der Waals surface area (Å²) in [5.41, 5.74) is 6.82. The average Bonchev–Trinajstić information content (AvgIpc) is 2.75. The van der Waals surface area contributed by atoms with Crippen LogP contribution in [0.1, 0.15) is 37.4 Å². The molecule has 6 nitrogen and oxygen atoms in total. The number of aryl methyl sites for hydroxylation is 1. The van der Waals surface area contributed by atoms with Gasteiger partial charge in [0.25, 0.3) is 0 Å². The molecule has 0 aliphatic rings. The molecular formula is C23H16F6N2O4. The normalized spacial score (nSPS) is 11.7. The standard InChI is InChI=1S/C23H16F6N2O4/c1-11-8-13(3-6-18(11)30)34-20(32)12-2-5-15(16(9-12)22(24,25)26)21(33)35-14-4-7-19(31)17(10-14)23(27,28)29/h2-10H,30-31H2,1H3. The lowest BCUT2D eigenvalue weighted by molar-refractivity contribution is -0.138. The van der Waals surface area contributed by atoms with E-state index in [0.29, 0.717) is 29.4 Å². The predicted molar refractivity (Wildman–Crippen MR) is 113 cm³/mol. The molecule has 0 aliphatic carbocycles. The van der Waals surface area contributed by atoms with Crippen molar-refractivity contribution in [3.05, 3.63) is 82.4 Å². The molecule has 3 aromatic carbocycles. The molecule has 0 aromatic heterocycles. The third kappa shape index (κ3) is 5.83. The van der Waals surface area contributed by atoms with E-state index in [9.17, 15) is 35.9 Å². The van der Waals surface area contributed by atoms with Gasteiger partial charge in [0.15, 0.2) is 0 Å². The number of nitrogen functional groups attached to an aromatic ring is 2. The van der Waals surface area contributed by atoms with Crippen LogP contribution in [0.5, 0.6) is 11.5 Å². The molecule has 0 aliphatic heterocycles. The van der Waals surface area contributed by atoms with Crippen LogP contribution in [0.15, 0.2) is 54.6 Å². The van der Waals surface area contributed by atoms with E-state index in [0.717, 1.165) is 18.2 Å². The Morgan fingerprint density at radius 2 is 1.23 bits per heavy atom. The number of rotatable bonds is 4. The molecule has 0 bridgehead atoms. The molecule has 3 aromatic rings. The minimum Gasteiger partial charge on any atom is -0.423 e.